The third kappa shape index (κ3) is 2.89. The van der Waals surface area contributed by atoms with Crippen LogP contribution in [0.25, 0.3) is 27.7 Å². The van der Waals surface area contributed by atoms with Crippen molar-refractivity contribution in [3.8, 4) is 11.1 Å². The van der Waals surface area contributed by atoms with E-state index < -0.39 is 5.91 Å². The molecule has 1 amide bonds. The van der Waals surface area contributed by atoms with E-state index in [2.05, 4.69) is 15.0 Å². The highest BCUT2D eigenvalue weighted by atomic mass is 16.1. The molecule has 1 aromatic carbocycles. The molecule has 29 heavy (non-hydrogen) atoms. The van der Waals surface area contributed by atoms with Gasteiger partial charge in [-0.25, -0.2) is 4.98 Å². The SMILES string of the molecule is NC(=O)c1cccc(Cc2c[nH]c(=O)c3cc(-c4c[nH]c5ncccc45)cn23)c1. The topological polar surface area (TPSA) is 109 Å². The van der Waals surface area contributed by atoms with Crippen LogP contribution in [0.3, 0.4) is 0 Å². The van der Waals surface area contributed by atoms with Crippen LogP contribution >= 0.6 is 0 Å². The Kier molecular flexibility index (Phi) is 3.80. The Hall–Kier alpha value is -4.13. The number of nitrogens with one attached hydrogen (secondary N) is 2. The molecule has 4 N–H and O–H groups in total. The molecule has 5 aromatic rings. The van der Waals surface area contributed by atoms with Crippen molar-refractivity contribution in [2.75, 3.05) is 0 Å². The van der Waals surface area contributed by atoms with Gasteiger partial charge in [-0.1, -0.05) is 12.1 Å². The van der Waals surface area contributed by atoms with Crippen molar-refractivity contribution in [3.05, 3.63) is 94.4 Å². The highest BCUT2D eigenvalue weighted by molar-refractivity contribution is 5.94. The maximum atomic E-state index is 12.4. The minimum atomic E-state index is -0.463. The summed E-state index contributed by atoms with van der Waals surface area (Å²) < 4.78 is 1.89. The second kappa shape index (κ2) is 6.49. The van der Waals surface area contributed by atoms with E-state index in [9.17, 15) is 9.59 Å². The highest BCUT2D eigenvalue weighted by Gasteiger charge is 2.13. The molecule has 4 heterocycles. The summed E-state index contributed by atoms with van der Waals surface area (Å²) in [5, 5.41) is 0.996. The van der Waals surface area contributed by atoms with Crippen molar-refractivity contribution >= 4 is 22.5 Å². The van der Waals surface area contributed by atoms with Crippen LogP contribution in [0.1, 0.15) is 21.6 Å². The number of pyridine rings is 1. The van der Waals surface area contributed by atoms with Crippen LogP contribution in [-0.2, 0) is 6.42 Å². The van der Waals surface area contributed by atoms with Crippen LogP contribution in [-0.4, -0.2) is 25.3 Å². The van der Waals surface area contributed by atoms with E-state index in [1.165, 1.54) is 0 Å². The van der Waals surface area contributed by atoms with Gasteiger partial charge in [0, 0.05) is 59.0 Å². The normalized spacial score (nSPS) is 11.3. The van der Waals surface area contributed by atoms with Crippen LogP contribution in [0, 0.1) is 0 Å². The van der Waals surface area contributed by atoms with Crippen LogP contribution in [0.15, 0.2) is 72.0 Å². The zero-order chi connectivity index (χ0) is 20.0. The summed E-state index contributed by atoms with van der Waals surface area (Å²) in [6.07, 6.45) is 7.83. The number of nitrogens with two attached hydrogens (primary N) is 1. The number of amides is 1. The fraction of sp³-hybridized carbons (Fsp3) is 0.0455. The number of hydrogen-bond donors (Lipinski definition) is 3. The van der Waals surface area contributed by atoms with Crippen LogP contribution < -0.4 is 11.3 Å². The lowest BCUT2D eigenvalue weighted by atomic mass is 10.1. The number of aromatic nitrogens is 4. The summed E-state index contributed by atoms with van der Waals surface area (Å²) in [6.45, 7) is 0. The Bertz CT molecular complexity index is 1440. The molecule has 0 atom stereocenters. The molecule has 0 aliphatic rings. The molecule has 4 aromatic heterocycles. The van der Waals surface area contributed by atoms with Crippen molar-refractivity contribution in [3.63, 3.8) is 0 Å². The van der Waals surface area contributed by atoms with E-state index in [0.717, 1.165) is 33.4 Å². The number of carbonyl (C=O) groups is 1. The predicted molar refractivity (Wildman–Crippen MR) is 111 cm³/mol. The minimum absolute atomic E-state index is 0.163. The van der Waals surface area contributed by atoms with Gasteiger partial charge in [-0.15, -0.1) is 0 Å². The first-order chi connectivity index (χ1) is 14.1. The average Bonchev–Trinajstić information content (AvgIpc) is 3.35. The number of fused-ring (bicyclic) bond motifs is 2. The van der Waals surface area contributed by atoms with Crippen molar-refractivity contribution < 1.29 is 4.79 Å². The molecule has 0 unspecified atom stereocenters. The van der Waals surface area contributed by atoms with Crippen LogP contribution in [0.2, 0.25) is 0 Å². The predicted octanol–water partition coefficient (Wildman–Crippen LogP) is 2.86. The summed E-state index contributed by atoms with van der Waals surface area (Å²) in [5.41, 5.74) is 10.8. The van der Waals surface area contributed by atoms with E-state index >= 15 is 0 Å². The maximum Gasteiger partial charge on any atom is 0.272 e. The third-order valence-electron chi connectivity index (χ3n) is 5.09. The Morgan fingerprint density at radius 3 is 2.86 bits per heavy atom. The van der Waals surface area contributed by atoms with Gasteiger partial charge in [0.25, 0.3) is 5.56 Å². The first-order valence-corrected chi connectivity index (χ1v) is 9.14. The molecule has 0 fully saturated rings. The number of carbonyl (C=O) groups excluding carboxylic acids is 1. The van der Waals surface area contributed by atoms with Crippen molar-refractivity contribution in [2.24, 2.45) is 5.73 Å². The van der Waals surface area contributed by atoms with E-state index in [-0.39, 0.29) is 5.56 Å². The monoisotopic (exact) mass is 383 g/mol. The lowest BCUT2D eigenvalue weighted by molar-refractivity contribution is 0.1000. The molecule has 0 saturated heterocycles. The van der Waals surface area contributed by atoms with Crippen molar-refractivity contribution in [1.82, 2.24) is 19.4 Å². The molecular weight excluding hydrogens is 366 g/mol. The van der Waals surface area contributed by atoms with Crippen LogP contribution in [0.4, 0.5) is 0 Å². The molecule has 0 radical (unpaired) electrons. The molecule has 0 aliphatic heterocycles. The first-order valence-electron chi connectivity index (χ1n) is 9.14. The van der Waals surface area contributed by atoms with Gasteiger partial charge < -0.3 is 20.1 Å². The minimum Gasteiger partial charge on any atom is -0.366 e. The number of nitrogens with zero attached hydrogens (tertiary/aromatic N) is 2. The van der Waals surface area contributed by atoms with Crippen LogP contribution in [0.5, 0.6) is 0 Å². The molecule has 0 bridgehead atoms. The molecule has 0 aliphatic carbocycles. The zero-order valence-electron chi connectivity index (χ0n) is 15.3. The zero-order valence-corrected chi connectivity index (χ0v) is 15.3. The number of rotatable bonds is 4. The molecular formula is C22H17N5O2. The van der Waals surface area contributed by atoms with Crippen molar-refractivity contribution in [1.29, 1.82) is 0 Å². The lowest BCUT2D eigenvalue weighted by Gasteiger charge is -2.07. The van der Waals surface area contributed by atoms with Gasteiger partial charge in [-0.3, -0.25) is 9.59 Å². The largest absolute Gasteiger partial charge is 0.366 e. The molecule has 5 rings (SSSR count). The number of aromatic amines is 2. The second-order valence-corrected chi connectivity index (χ2v) is 6.94. The highest BCUT2D eigenvalue weighted by Crippen LogP contribution is 2.29. The Morgan fingerprint density at radius 2 is 2.00 bits per heavy atom. The number of hydrogen-bond acceptors (Lipinski definition) is 3. The Morgan fingerprint density at radius 1 is 1.10 bits per heavy atom. The van der Waals surface area contributed by atoms with Crippen molar-refractivity contribution in [2.45, 2.75) is 6.42 Å². The van der Waals surface area contributed by atoms with Gasteiger partial charge in [0.1, 0.15) is 11.2 Å². The summed E-state index contributed by atoms with van der Waals surface area (Å²) in [6, 6.07) is 13.0. The third-order valence-corrected chi connectivity index (χ3v) is 5.09. The van der Waals surface area contributed by atoms with E-state index in [1.54, 1.807) is 30.6 Å². The standard InChI is InChI=1S/C22H17N5O2/c23-20(28)14-4-1-3-13(7-14)8-16-10-26-22(29)19-9-15(12-27(16)19)18-11-25-21-17(18)5-2-6-24-21/h1-7,9-12H,8H2,(H2,23,28)(H,24,25)(H,26,29). The van der Waals surface area contributed by atoms with Gasteiger partial charge in [0.2, 0.25) is 5.91 Å². The van der Waals surface area contributed by atoms with Gasteiger partial charge in [-0.2, -0.15) is 0 Å². The first kappa shape index (κ1) is 17.0. The molecule has 142 valence electrons. The molecule has 7 heteroatoms. The summed E-state index contributed by atoms with van der Waals surface area (Å²) >= 11 is 0. The summed E-state index contributed by atoms with van der Waals surface area (Å²) in [7, 11) is 0. The fourth-order valence-electron chi connectivity index (χ4n) is 3.69. The average molecular weight is 383 g/mol. The van der Waals surface area contributed by atoms with E-state index in [4.69, 9.17) is 5.73 Å². The summed E-state index contributed by atoms with van der Waals surface area (Å²) in [4.78, 5) is 34.2. The number of benzene rings is 1. The van der Waals surface area contributed by atoms with E-state index in [1.807, 2.05) is 41.1 Å². The quantitative estimate of drug-likeness (QED) is 0.444. The van der Waals surface area contributed by atoms with Gasteiger partial charge in [0.15, 0.2) is 0 Å². The van der Waals surface area contributed by atoms with Gasteiger partial charge in [0.05, 0.1) is 0 Å². The Labute approximate surface area is 164 Å². The van der Waals surface area contributed by atoms with E-state index in [0.29, 0.717) is 17.5 Å². The molecule has 0 spiro atoms. The molecule has 0 saturated carbocycles. The number of primary amides is 1. The number of H-pyrrole nitrogens is 2. The smallest absolute Gasteiger partial charge is 0.272 e. The maximum absolute atomic E-state index is 12.4. The molecule has 7 nitrogen and oxygen atoms in total. The second-order valence-electron chi connectivity index (χ2n) is 6.94. The fourth-order valence-corrected chi connectivity index (χ4v) is 3.69. The Balaban J connectivity index is 1.63. The van der Waals surface area contributed by atoms with Gasteiger partial charge in [-0.05, 0) is 35.9 Å². The van der Waals surface area contributed by atoms with Gasteiger partial charge >= 0.3 is 0 Å². The summed E-state index contributed by atoms with van der Waals surface area (Å²) in [5.74, 6) is -0.463. The lowest BCUT2D eigenvalue weighted by Crippen LogP contribution is -2.13.